The molecular weight excluding hydrogens is 456 g/mol. The van der Waals surface area contributed by atoms with E-state index in [0.717, 1.165) is 0 Å². The standard InChI is InChI=1S/C18H20Si.2C5H5.Zr/c1-15-13-19(14-16(15)2,17-9-5-3-6-10-17)18-11-7-4-8-12-18;2*1-2-4-5-3-1;/h3-12,15-16H,1-2,13-14H2;2*1-5H;/q-2;;;+4/t15-,16-;;;/m0.../s1. The van der Waals surface area contributed by atoms with E-state index in [0.29, 0.717) is 11.8 Å². The Labute approximate surface area is 206 Å². The van der Waals surface area contributed by atoms with E-state index in [1.807, 2.05) is 64.2 Å². The maximum absolute atomic E-state index is 4.34. The summed E-state index contributed by atoms with van der Waals surface area (Å²) in [5.74, 6) is 0.985. The third-order valence-corrected chi connectivity index (χ3v) is 11.0. The van der Waals surface area contributed by atoms with Gasteiger partial charge in [-0.25, -0.2) is 0 Å². The molecule has 3 fully saturated rings. The van der Waals surface area contributed by atoms with E-state index in [2.05, 4.69) is 74.5 Å². The van der Waals surface area contributed by atoms with Gasteiger partial charge in [0, 0.05) is 0 Å². The average molecular weight is 486 g/mol. The Balaban J connectivity index is 0.000000239. The molecule has 2 atom stereocenters. The van der Waals surface area contributed by atoms with Crippen molar-refractivity contribution in [2.75, 3.05) is 0 Å². The molecule has 10 radical (unpaired) electrons. The van der Waals surface area contributed by atoms with Gasteiger partial charge in [0.1, 0.15) is 8.07 Å². The molecule has 0 unspecified atom stereocenters. The maximum atomic E-state index is 4.34. The molecule has 5 rings (SSSR count). The van der Waals surface area contributed by atoms with Crippen LogP contribution in [0, 0.1) is 89.9 Å². The summed E-state index contributed by atoms with van der Waals surface area (Å²) < 4.78 is 0. The van der Waals surface area contributed by atoms with Gasteiger partial charge in [-0.3, -0.25) is 0 Å². The third kappa shape index (κ3) is 7.30. The fourth-order valence-electron chi connectivity index (χ4n) is 4.11. The zero-order valence-corrected chi connectivity index (χ0v) is 21.0. The number of rotatable bonds is 2. The second-order valence-corrected chi connectivity index (χ2v) is 11.8. The van der Waals surface area contributed by atoms with E-state index in [1.165, 1.54) is 12.1 Å². The van der Waals surface area contributed by atoms with Gasteiger partial charge in [-0.15, -0.1) is 0 Å². The fourth-order valence-corrected chi connectivity index (χ4v) is 9.67. The molecule has 2 aromatic carbocycles. The van der Waals surface area contributed by atoms with E-state index < -0.39 is 8.07 Å². The van der Waals surface area contributed by atoms with Crippen molar-refractivity contribution in [1.82, 2.24) is 0 Å². The molecule has 2 saturated carbocycles. The van der Waals surface area contributed by atoms with Gasteiger partial charge >= 0.3 is 26.2 Å². The van der Waals surface area contributed by atoms with Crippen molar-refractivity contribution in [3.63, 3.8) is 0 Å². The summed E-state index contributed by atoms with van der Waals surface area (Å²) in [7, 11) is -1.64. The largest absolute Gasteiger partial charge is 4.00 e. The van der Waals surface area contributed by atoms with Crippen molar-refractivity contribution in [3.8, 4) is 0 Å². The Kier molecular flexibility index (Phi) is 11.9. The van der Waals surface area contributed by atoms with Gasteiger partial charge in [0.15, 0.2) is 0 Å². The number of benzene rings is 2. The van der Waals surface area contributed by atoms with Crippen LogP contribution in [0.25, 0.3) is 0 Å². The molecular formula is C28H30SiZr+2. The third-order valence-electron chi connectivity index (χ3n) is 5.65. The van der Waals surface area contributed by atoms with Crippen LogP contribution in [0.15, 0.2) is 60.7 Å². The monoisotopic (exact) mass is 484 g/mol. The molecule has 0 amide bonds. The van der Waals surface area contributed by atoms with E-state index >= 15 is 0 Å². The zero-order chi connectivity index (χ0) is 20.4. The fraction of sp³-hybridized carbons (Fsp3) is 0.143. The van der Waals surface area contributed by atoms with Crippen molar-refractivity contribution < 1.29 is 26.2 Å². The van der Waals surface area contributed by atoms with Crippen molar-refractivity contribution >= 4 is 18.4 Å². The molecule has 2 heteroatoms. The molecule has 0 nitrogen and oxygen atoms in total. The van der Waals surface area contributed by atoms with Crippen molar-refractivity contribution in [2.24, 2.45) is 11.8 Å². The van der Waals surface area contributed by atoms with E-state index in [4.69, 9.17) is 0 Å². The van der Waals surface area contributed by atoms with E-state index in [-0.39, 0.29) is 26.2 Å². The smallest absolute Gasteiger partial charge is 0.343 e. The molecule has 30 heavy (non-hydrogen) atoms. The van der Waals surface area contributed by atoms with Crippen molar-refractivity contribution in [2.45, 2.75) is 12.1 Å². The van der Waals surface area contributed by atoms with E-state index in [9.17, 15) is 0 Å². The summed E-state index contributed by atoms with van der Waals surface area (Å²) in [6.07, 6.45) is 20.0. The van der Waals surface area contributed by atoms with Crippen LogP contribution in [-0.2, 0) is 26.2 Å². The van der Waals surface area contributed by atoms with Crippen LogP contribution in [-0.4, -0.2) is 8.07 Å². The molecule has 0 N–H and O–H groups in total. The molecule has 2 aromatic rings. The molecule has 2 aliphatic carbocycles. The normalized spacial score (nSPS) is 24.1. The molecule has 148 valence electrons. The van der Waals surface area contributed by atoms with Gasteiger partial charge in [0.25, 0.3) is 0 Å². The summed E-state index contributed by atoms with van der Waals surface area (Å²) in [5, 5.41) is 3.09. The van der Waals surface area contributed by atoms with Crippen LogP contribution in [0.4, 0.5) is 0 Å². The van der Waals surface area contributed by atoms with Crippen LogP contribution in [0.1, 0.15) is 0 Å². The first kappa shape index (κ1) is 25.8. The SMILES string of the molecule is [CH2-][C@H]1C[Si](c2ccccc2)(c2ccccc2)C[C@@H]1[CH2-].[CH]1[CH][CH][CH][CH]1.[CH]1[CH][CH][CH][CH]1.[Zr+4]. The Morgan fingerprint density at radius 1 is 0.500 bits per heavy atom. The second kappa shape index (κ2) is 13.8. The quantitative estimate of drug-likeness (QED) is 0.405. The predicted octanol–water partition coefficient (Wildman–Crippen LogP) is 5.20. The maximum Gasteiger partial charge on any atom is 4.00 e. The Morgan fingerprint density at radius 2 is 0.767 bits per heavy atom. The van der Waals surface area contributed by atoms with Gasteiger partial charge in [0.05, 0.1) is 0 Å². The summed E-state index contributed by atoms with van der Waals surface area (Å²) in [5.41, 5.74) is 0. The van der Waals surface area contributed by atoms with Gasteiger partial charge in [0.2, 0.25) is 0 Å². The molecule has 1 saturated heterocycles. The Bertz CT molecular complexity index is 600. The van der Waals surface area contributed by atoms with E-state index in [1.54, 1.807) is 10.4 Å². The summed E-state index contributed by atoms with van der Waals surface area (Å²) in [4.78, 5) is 0. The summed E-state index contributed by atoms with van der Waals surface area (Å²) in [6.45, 7) is 8.67. The van der Waals surface area contributed by atoms with Crippen molar-refractivity contribution in [3.05, 3.63) is 139 Å². The van der Waals surface area contributed by atoms with Crippen LogP contribution >= 0.6 is 0 Å². The molecule has 1 aliphatic heterocycles. The average Bonchev–Trinajstić information content (AvgIpc) is 3.56. The minimum atomic E-state index is -1.64. The van der Waals surface area contributed by atoms with Crippen LogP contribution in [0.2, 0.25) is 12.1 Å². The summed E-state index contributed by atoms with van der Waals surface area (Å²) in [6, 6.07) is 24.6. The molecule has 0 aromatic heterocycles. The number of hydrogen-bond donors (Lipinski definition) is 0. The van der Waals surface area contributed by atoms with Crippen LogP contribution in [0.3, 0.4) is 0 Å². The minimum absolute atomic E-state index is 0. The predicted molar refractivity (Wildman–Crippen MR) is 128 cm³/mol. The number of hydrogen-bond acceptors (Lipinski definition) is 0. The van der Waals surface area contributed by atoms with Crippen molar-refractivity contribution in [1.29, 1.82) is 0 Å². The minimum Gasteiger partial charge on any atom is -0.343 e. The second-order valence-electron chi connectivity index (χ2n) is 7.67. The van der Waals surface area contributed by atoms with Crippen LogP contribution in [0.5, 0.6) is 0 Å². The van der Waals surface area contributed by atoms with Crippen LogP contribution < -0.4 is 10.4 Å². The Morgan fingerprint density at radius 3 is 1.03 bits per heavy atom. The topological polar surface area (TPSA) is 0 Å². The van der Waals surface area contributed by atoms with Gasteiger partial charge in [-0.2, -0.15) is 11.8 Å². The first-order chi connectivity index (χ1) is 14.2. The van der Waals surface area contributed by atoms with Gasteiger partial charge in [-0.1, -0.05) is 83.1 Å². The molecule has 0 bridgehead atoms. The first-order valence-corrected chi connectivity index (χ1v) is 12.7. The molecule has 3 aliphatic rings. The first-order valence-electron chi connectivity index (χ1n) is 10.3. The Hall–Kier alpha value is -0.460. The van der Waals surface area contributed by atoms with Gasteiger partial charge in [-0.05, 0) is 64.2 Å². The zero-order valence-electron chi connectivity index (χ0n) is 17.5. The molecule has 0 spiro atoms. The van der Waals surface area contributed by atoms with Gasteiger partial charge < -0.3 is 13.8 Å². The molecule has 1 heterocycles. The summed E-state index contributed by atoms with van der Waals surface area (Å²) >= 11 is 0.